The van der Waals surface area contributed by atoms with Gasteiger partial charge in [0.2, 0.25) is 0 Å². The topological polar surface area (TPSA) is 44.8 Å². The van der Waals surface area contributed by atoms with Crippen molar-refractivity contribution in [3.63, 3.8) is 0 Å². The second-order valence-corrected chi connectivity index (χ2v) is 1.88. The Kier molecular flexibility index (Phi) is 0.790. The van der Waals surface area contributed by atoms with Crippen molar-refractivity contribution in [2.24, 2.45) is 5.92 Å². The summed E-state index contributed by atoms with van der Waals surface area (Å²) in [7, 11) is 0. The van der Waals surface area contributed by atoms with Crippen LogP contribution in [-0.2, 0) is 19.3 Å². The Morgan fingerprint density at radius 3 is 3.33 bits per heavy atom. The smallest absolute Gasteiger partial charge is 0.324 e. The number of hydrogen-bond donors (Lipinski definition) is 0. The van der Waals surface area contributed by atoms with Crippen molar-refractivity contribution in [3.05, 3.63) is 12.0 Å². The van der Waals surface area contributed by atoms with Crippen LogP contribution in [0.25, 0.3) is 0 Å². The summed E-state index contributed by atoms with van der Waals surface area (Å²) in [4.78, 5) is 19.7. The number of carbonyl (C=O) groups is 1. The summed E-state index contributed by atoms with van der Waals surface area (Å²) in [6, 6.07) is 0. The van der Waals surface area contributed by atoms with Crippen molar-refractivity contribution in [2.45, 2.75) is 0 Å². The first kappa shape index (κ1) is 4.81. The van der Waals surface area contributed by atoms with Crippen molar-refractivity contribution >= 4 is 5.97 Å². The van der Waals surface area contributed by atoms with Gasteiger partial charge in [0.25, 0.3) is 0 Å². The average molecular weight is 128 g/mol. The van der Waals surface area contributed by atoms with Crippen LogP contribution in [0.15, 0.2) is 12.0 Å². The zero-order chi connectivity index (χ0) is 6.27. The first-order valence-electron chi connectivity index (χ1n) is 2.58. The van der Waals surface area contributed by atoms with Gasteiger partial charge in [0.1, 0.15) is 18.8 Å². The molecular formula is C5H4O4. The number of esters is 1. The summed E-state index contributed by atoms with van der Waals surface area (Å²) in [6.45, 7) is 0.282. The molecule has 2 aliphatic rings. The van der Waals surface area contributed by atoms with Gasteiger partial charge < -0.3 is 9.62 Å². The van der Waals surface area contributed by atoms with Gasteiger partial charge in [-0.15, -0.1) is 0 Å². The number of fused-ring (bicyclic) bond motifs is 1. The van der Waals surface area contributed by atoms with E-state index in [0.717, 1.165) is 0 Å². The predicted molar refractivity (Wildman–Crippen MR) is 24.7 cm³/mol. The SMILES string of the molecule is O=C1OC=C2OOCC12. The number of ether oxygens (including phenoxy) is 1. The lowest BCUT2D eigenvalue weighted by Gasteiger charge is -1.90. The van der Waals surface area contributed by atoms with E-state index in [9.17, 15) is 4.79 Å². The minimum atomic E-state index is -0.301. The van der Waals surface area contributed by atoms with E-state index >= 15 is 0 Å². The summed E-state index contributed by atoms with van der Waals surface area (Å²) in [5, 5.41) is 0. The van der Waals surface area contributed by atoms with Crippen LogP contribution in [0.5, 0.6) is 0 Å². The van der Waals surface area contributed by atoms with Crippen LogP contribution in [0.3, 0.4) is 0 Å². The molecule has 1 atom stereocenters. The lowest BCUT2D eigenvalue weighted by molar-refractivity contribution is -0.226. The van der Waals surface area contributed by atoms with E-state index in [1.165, 1.54) is 6.26 Å². The fourth-order valence-corrected chi connectivity index (χ4v) is 0.795. The monoisotopic (exact) mass is 128 g/mol. The number of hydrogen-bond acceptors (Lipinski definition) is 4. The van der Waals surface area contributed by atoms with E-state index < -0.39 is 0 Å². The molecule has 4 heteroatoms. The molecular weight excluding hydrogens is 124 g/mol. The Balaban J connectivity index is 2.28. The van der Waals surface area contributed by atoms with Crippen LogP contribution in [0.1, 0.15) is 0 Å². The van der Waals surface area contributed by atoms with Crippen molar-refractivity contribution in [1.82, 2.24) is 0 Å². The maximum atomic E-state index is 10.6. The van der Waals surface area contributed by atoms with Crippen LogP contribution >= 0.6 is 0 Å². The van der Waals surface area contributed by atoms with E-state index in [1.807, 2.05) is 0 Å². The van der Waals surface area contributed by atoms with Gasteiger partial charge in [-0.3, -0.25) is 4.79 Å². The molecule has 0 aromatic heterocycles. The Morgan fingerprint density at radius 1 is 1.67 bits per heavy atom. The third-order valence-corrected chi connectivity index (χ3v) is 1.31. The zero-order valence-corrected chi connectivity index (χ0v) is 4.49. The Hall–Kier alpha value is -1.03. The molecule has 1 unspecified atom stereocenters. The molecule has 4 nitrogen and oxygen atoms in total. The number of carbonyl (C=O) groups excluding carboxylic acids is 1. The molecule has 0 aromatic carbocycles. The summed E-state index contributed by atoms with van der Waals surface area (Å²) in [6.07, 6.45) is 1.28. The normalized spacial score (nSPS) is 30.9. The van der Waals surface area contributed by atoms with Gasteiger partial charge in [-0.25, -0.2) is 0 Å². The molecule has 2 aliphatic heterocycles. The molecule has 0 amide bonds. The highest BCUT2D eigenvalue weighted by Crippen LogP contribution is 2.27. The van der Waals surface area contributed by atoms with Crippen molar-refractivity contribution in [3.8, 4) is 0 Å². The summed E-state index contributed by atoms with van der Waals surface area (Å²) < 4.78 is 4.51. The largest absolute Gasteiger partial charge is 0.430 e. The molecule has 9 heavy (non-hydrogen) atoms. The van der Waals surface area contributed by atoms with Crippen molar-refractivity contribution < 1.29 is 19.3 Å². The first-order chi connectivity index (χ1) is 4.38. The lowest BCUT2D eigenvalue weighted by atomic mass is 10.2. The van der Waals surface area contributed by atoms with Gasteiger partial charge in [-0.2, -0.15) is 4.89 Å². The van der Waals surface area contributed by atoms with Gasteiger partial charge in [0, 0.05) is 0 Å². The number of rotatable bonds is 0. The molecule has 2 heterocycles. The molecule has 0 N–H and O–H groups in total. The highest BCUT2D eigenvalue weighted by molar-refractivity contribution is 5.78. The molecule has 0 aliphatic carbocycles. The second kappa shape index (κ2) is 1.48. The minimum absolute atomic E-state index is 0.282. The molecule has 0 spiro atoms. The molecule has 0 saturated carbocycles. The van der Waals surface area contributed by atoms with Gasteiger partial charge in [0.05, 0.1) is 0 Å². The van der Waals surface area contributed by atoms with Gasteiger partial charge in [0.15, 0.2) is 5.76 Å². The van der Waals surface area contributed by atoms with Crippen molar-refractivity contribution in [2.75, 3.05) is 6.61 Å². The predicted octanol–water partition coefficient (Wildman–Crippen LogP) is -0.0374. The quantitative estimate of drug-likeness (QED) is 0.339. The summed E-state index contributed by atoms with van der Waals surface area (Å²) in [5.74, 6) is -0.104. The highest BCUT2D eigenvalue weighted by Gasteiger charge is 2.38. The summed E-state index contributed by atoms with van der Waals surface area (Å²) in [5.41, 5.74) is 0. The van der Waals surface area contributed by atoms with E-state index in [1.54, 1.807) is 0 Å². The third-order valence-electron chi connectivity index (χ3n) is 1.31. The Morgan fingerprint density at radius 2 is 2.56 bits per heavy atom. The van der Waals surface area contributed by atoms with Crippen LogP contribution in [-0.4, -0.2) is 12.6 Å². The first-order valence-corrected chi connectivity index (χ1v) is 2.58. The van der Waals surface area contributed by atoms with E-state index in [-0.39, 0.29) is 18.5 Å². The van der Waals surface area contributed by atoms with E-state index in [4.69, 9.17) is 0 Å². The van der Waals surface area contributed by atoms with Gasteiger partial charge >= 0.3 is 5.97 Å². The molecule has 48 valence electrons. The van der Waals surface area contributed by atoms with Gasteiger partial charge in [-0.05, 0) is 0 Å². The van der Waals surface area contributed by atoms with E-state index in [0.29, 0.717) is 5.76 Å². The maximum absolute atomic E-state index is 10.6. The van der Waals surface area contributed by atoms with Crippen LogP contribution in [0.2, 0.25) is 0 Å². The average Bonchev–Trinajstić information content (AvgIpc) is 2.35. The van der Waals surface area contributed by atoms with E-state index in [2.05, 4.69) is 14.5 Å². The lowest BCUT2D eigenvalue weighted by Crippen LogP contribution is -2.10. The standard InChI is InChI=1S/C5H4O4/c6-5-3-1-8-9-4(3)2-7-5/h2-3H,1H2. The minimum Gasteiger partial charge on any atom is -0.430 e. The second-order valence-electron chi connectivity index (χ2n) is 1.88. The Labute approximate surface area is 50.9 Å². The molecule has 0 radical (unpaired) electrons. The van der Waals surface area contributed by atoms with Crippen LogP contribution in [0, 0.1) is 5.92 Å². The molecule has 0 bridgehead atoms. The molecule has 1 saturated heterocycles. The molecule has 1 fully saturated rings. The molecule has 0 aromatic rings. The fraction of sp³-hybridized carbons (Fsp3) is 0.400. The number of cyclic esters (lactones) is 1. The highest BCUT2D eigenvalue weighted by atomic mass is 17.2. The van der Waals surface area contributed by atoms with Gasteiger partial charge in [-0.1, -0.05) is 0 Å². The fourth-order valence-electron chi connectivity index (χ4n) is 0.795. The van der Waals surface area contributed by atoms with Crippen LogP contribution in [0.4, 0.5) is 0 Å². The third kappa shape index (κ3) is 0.533. The van der Waals surface area contributed by atoms with Crippen LogP contribution < -0.4 is 0 Å². The molecule has 2 rings (SSSR count). The zero-order valence-electron chi connectivity index (χ0n) is 4.49. The van der Waals surface area contributed by atoms with Crippen molar-refractivity contribution in [1.29, 1.82) is 0 Å². The maximum Gasteiger partial charge on any atom is 0.324 e. The summed E-state index contributed by atoms with van der Waals surface area (Å²) >= 11 is 0. The Bertz CT molecular complexity index is 183.